The lowest BCUT2D eigenvalue weighted by atomic mass is 9.76. The molecule has 2 heterocycles. The third kappa shape index (κ3) is 3.90. The van der Waals surface area contributed by atoms with Gasteiger partial charge in [-0.05, 0) is 61.9 Å². The zero-order valence-electron chi connectivity index (χ0n) is 13.7. The molecule has 126 valence electrons. The van der Waals surface area contributed by atoms with Gasteiger partial charge in [-0.2, -0.15) is 0 Å². The Labute approximate surface area is 137 Å². The van der Waals surface area contributed by atoms with E-state index < -0.39 is 0 Å². The van der Waals surface area contributed by atoms with Crippen LogP contribution in [0.5, 0.6) is 0 Å². The fourth-order valence-electron chi connectivity index (χ4n) is 3.84. The second kappa shape index (κ2) is 6.97. The van der Waals surface area contributed by atoms with Crippen LogP contribution in [0.4, 0.5) is 4.39 Å². The van der Waals surface area contributed by atoms with Crippen molar-refractivity contribution >= 4 is 5.97 Å². The second-order valence-electron chi connectivity index (χ2n) is 6.88. The number of nitrogens with zero attached hydrogens (tertiary/aromatic N) is 1. The summed E-state index contributed by atoms with van der Waals surface area (Å²) < 4.78 is 18.0. The van der Waals surface area contributed by atoms with Gasteiger partial charge in [0.25, 0.3) is 0 Å². The summed E-state index contributed by atoms with van der Waals surface area (Å²) in [5, 5.41) is 3.31. The van der Waals surface area contributed by atoms with Gasteiger partial charge in [0.2, 0.25) is 0 Å². The fourth-order valence-corrected chi connectivity index (χ4v) is 3.84. The largest absolute Gasteiger partial charge is 0.468 e. The molecule has 1 aromatic rings. The number of rotatable bonds is 4. The summed E-state index contributed by atoms with van der Waals surface area (Å²) in [6.45, 7) is 3.97. The van der Waals surface area contributed by atoms with Crippen LogP contribution in [0, 0.1) is 11.2 Å². The molecule has 0 aliphatic carbocycles. The third-order valence-corrected chi connectivity index (χ3v) is 5.37. The number of piperidine rings is 1. The van der Waals surface area contributed by atoms with Crippen molar-refractivity contribution in [1.82, 2.24) is 10.2 Å². The van der Waals surface area contributed by atoms with Crippen LogP contribution >= 0.6 is 0 Å². The minimum atomic E-state index is -0.161. The lowest BCUT2D eigenvalue weighted by Gasteiger charge is -2.39. The van der Waals surface area contributed by atoms with Gasteiger partial charge in [-0.25, -0.2) is 4.39 Å². The Morgan fingerprint density at radius 2 is 2.22 bits per heavy atom. The van der Waals surface area contributed by atoms with E-state index in [4.69, 9.17) is 4.74 Å². The van der Waals surface area contributed by atoms with Gasteiger partial charge in [0.15, 0.2) is 0 Å². The second-order valence-corrected chi connectivity index (χ2v) is 6.88. The molecule has 3 rings (SSSR count). The van der Waals surface area contributed by atoms with Gasteiger partial charge in [-0.15, -0.1) is 0 Å². The van der Waals surface area contributed by atoms with Crippen LogP contribution in [-0.4, -0.2) is 50.2 Å². The minimum Gasteiger partial charge on any atom is -0.468 e. The van der Waals surface area contributed by atoms with E-state index in [9.17, 15) is 9.18 Å². The molecule has 1 unspecified atom stereocenters. The molecule has 1 atom stereocenters. The molecule has 2 saturated heterocycles. The van der Waals surface area contributed by atoms with E-state index in [0.717, 1.165) is 57.4 Å². The molecule has 0 bridgehead atoms. The SMILES string of the molecule is COC(=O)C1CC2(CCN(CCc3cccc(F)c3)CC2)CN1. The number of carbonyl (C=O) groups excluding carboxylic acids is 1. The van der Waals surface area contributed by atoms with Crippen LogP contribution < -0.4 is 5.32 Å². The van der Waals surface area contributed by atoms with Gasteiger partial charge in [0, 0.05) is 13.1 Å². The van der Waals surface area contributed by atoms with Crippen molar-refractivity contribution in [3.8, 4) is 0 Å². The molecule has 0 saturated carbocycles. The Kier molecular flexibility index (Phi) is 4.97. The van der Waals surface area contributed by atoms with Gasteiger partial charge in [-0.1, -0.05) is 12.1 Å². The van der Waals surface area contributed by atoms with E-state index in [1.165, 1.54) is 13.2 Å². The monoisotopic (exact) mass is 320 g/mol. The average molecular weight is 320 g/mol. The molecule has 5 heteroatoms. The number of ether oxygens (including phenoxy) is 1. The molecule has 1 N–H and O–H groups in total. The molecule has 4 nitrogen and oxygen atoms in total. The van der Waals surface area contributed by atoms with Crippen LogP contribution in [0.1, 0.15) is 24.8 Å². The summed E-state index contributed by atoms with van der Waals surface area (Å²) in [5.41, 5.74) is 1.30. The van der Waals surface area contributed by atoms with Crippen molar-refractivity contribution in [2.75, 3.05) is 33.3 Å². The summed E-state index contributed by atoms with van der Waals surface area (Å²) >= 11 is 0. The van der Waals surface area contributed by atoms with Crippen LogP contribution in [0.3, 0.4) is 0 Å². The van der Waals surface area contributed by atoms with Crippen molar-refractivity contribution in [3.63, 3.8) is 0 Å². The quantitative estimate of drug-likeness (QED) is 0.862. The lowest BCUT2D eigenvalue weighted by molar-refractivity contribution is -0.142. The predicted octanol–water partition coefficient (Wildman–Crippen LogP) is 1.99. The van der Waals surface area contributed by atoms with Gasteiger partial charge in [0.05, 0.1) is 7.11 Å². The Bertz CT molecular complexity index is 556. The van der Waals surface area contributed by atoms with Crippen molar-refractivity contribution in [3.05, 3.63) is 35.6 Å². The smallest absolute Gasteiger partial charge is 0.322 e. The Morgan fingerprint density at radius 3 is 2.91 bits per heavy atom. The number of hydrogen-bond acceptors (Lipinski definition) is 4. The maximum Gasteiger partial charge on any atom is 0.322 e. The normalized spacial score (nSPS) is 24.0. The van der Waals surface area contributed by atoms with Crippen LogP contribution in [0.15, 0.2) is 24.3 Å². The van der Waals surface area contributed by atoms with Crippen molar-refractivity contribution in [2.45, 2.75) is 31.7 Å². The number of methoxy groups -OCH3 is 1. The summed E-state index contributed by atoms with van der Waals surface area (Å²) in [6.07, 6.45) is 3.98. The van der Waals surface area contributed by atoms with Gasteiger partial charge >= 0.3 is 5.97 Å². The summed E-state index contributed by atoms with van der Waals surface area (Å²) in [4.78, 5) is 14.1. The molecular formula is C18H25FN2O2. The Balaban J connectivity index is 1.46. The molecule has 2 aliphatic rings. The van der Waals surface area contributed by atoms with Gasteiger partial charge in [-0.3, -0.25) is 4.79 Å². The maximum atomic E-state index is 13.2. The van der Waals surface area contributed by atoms with E-state index in [1.807, 2.05) is 6.07 Å². The van der Waals surface area contributed by atoms with E-state index in [0.29, 0.717) is 0 Å². The number of benzene rings is 1. The molecule has 23 heavy (non-hydrogen) atoms. The molecule has 0 amide bonds. The molecule has 0 radical (unpaired) electrons. The number of carbonyl (C=O) groups is 1. The van der Waals surface area contributed by atoms with Gasteiger partial charge < -0.3 is 15.0 Å². The molecule has 1 spiro atoms. The molecular weight excluding hydrogens is 295 g/mol. The number of hydrogen-bond donors (Lipinski definition) is 1. The van der Waals surface area contributed by atoms with Gasteiger partial charge in [0.1, 0.15) is 11.9 Å². The van der Waals surface area contributed by atoms with Crippen molar-refractivity contribution < 1.29 is 13.9 Å². The number of esters is 1. The number of halogens is 1. The van der Waals surface area contributed by atoms with Crippen molar-refractivity contribution in [2.24, 2.45) is 5.41 Å². The highest BCUT2D eigenvalue weighted by molar-refractivity contribution is 5.76. The highest BCUT2D eigenvalue weighted by atomic mass is 19.1. The molecule has 0 aromatic heterocycles. The van der Waals surface area contributed by atoms with E-state index in [2.05, 4.69) is 10.2 Å². The summed E-state index contributed by atoms with van der Waals surface area (Å²) in [6, 6.07) is 6.72. The maximum absolute atomic E-state index is 13.2. The van der Waals surface area contributed by atoms with E-state index >= 15 is 0 Å². The molecule has 2 aliphatic heterocycles. The first kappa shape index (κ1) is 16.4. The number of likely N-dealkylation sites (tertiary alicyclic amines) is 1. The van der Waals surface area contributed by atoms with Crippen LogP contribution in [0.2, 0.25) is 0 Å². The third-order valence-electron chi connectivity index (χ3n) is 5.37. The first-order chi connectivity index (χ1) is 11.1. The summed E-state index contributed by atoms with van der Waals surface area (Å²) in [7, 11) is 1.45. The first-order valence-corrected chi connectivity index (χ1v) is 8.38. The highest BCUT2D eigenvalue weighted by Crippen LogP contribution is 2.39. The van der Waals surface area contributed by atoms with Crippen LogP contribution in [0.25, 0.3) is 0 Å². The standard InChI is InChI=1S/C18H25FN2O2/c1-23-17(22)16-12-18(13-20-16)6-9-21(10-7-18)8-5-14-3-2-4-15(19)11-14/h2-4,11,16,20H,5-10,12-13H2,1H3. The summed E-state index contributed by atoms with van der Waals surface area (Å²) in [5.74, 6) is -0.304. The number of nitrogens with one attached hydrogen (secondary N) is 1. The Morgan fingerprint density at radius 1 is 1.43 bits per heavy atom. The van der Waals surface area contributed by atoms with Crippen LogP contribution in [-0.2, 0) is 16.0 Å². The van der Waals surface area contributed by atoms with Crippen molar-refractivity contribution in [1.29, 1.82) is 0 Å². The minimum absolute atomic E-state index is 0.140. The lowest BCUT2D eigenvalue weighted by Crippen LogP contribution is -2.41. The van der Waals surface area contributed by atoms with E-state index in [-0.39, 0.29) is 23.2 Å². The van der Waals surface area contributed by atoms with E-state index in [1.54, 1.807) is 12.1 Å². The zero-order chi connectivity index (χ0) is 16.3. The average Bonchev–Trinajstić information content (AvgIpc) is 2.98. The zero-order valence-corrected chi connectivity index (χ0v) is 13.7. The topological polar surface area (TPSA) is 41.6 Å². The predicted molar refractivity (Wildman–Crippen MR) is 86.6 cm³/mol. The first-order valence-electron chi connectivity index (χ1n) is 8.38. The molecule has 1 aromatic carbocycles. The molecule has 2 fully saturated rings. The fraction of sp³-hybridized carbons (Fsp3) is 0.611. The Hall–Kier alpha value is -1.46. The highest BCUT2D eigenvalue weighted by Gasteiger charge is 2.43.